The summed E-state index contributed by atoms with van der Waals surface area (Å²) in [7, 11) is 0. The first-order valence-corrected chi connectivity index (χ1v) is 7.68. The highest BCUT2D eigenvalue weighted by atomic mass is 32.2. The minimum Gasteiger partial charge on any atom is -0.490 e. The zero-order valence-electron chi connectivity index (χ0n) is 10.4. The Bertz CT molecular complexity index is 589. The molecule has 0 aliphatic heterocycles. The third-order valence-electron chi connectivity index (χ3n) is 2.27. The highest BCUT2D eigenvalue weighted by molar-refractivity contribution is 8.01. The number of carboxylic acid groups (broad SMARTS) is 1. The summed E-state index contributed by atoms with van der Waals surface area (Å²) in [5, 5.41) is 10.4. The standard InChI is InChI=1S/C13H12FNO3S2/c14-10-3-1-2-4-11(10)18-5-6-19-13-15-9(8-20-13)7-12(16)17/h1-4,8H,5-7H2,(H,16,17). The molecular weight excluding hydrogens is 301 g/mol. The van der Waals surface area contributed by atoms with Gasteiger partial charge in [0, 0.05) is 11.1 Å². The number of halogens is 1. The van der Waals surface area contributed by atoms with Gasteiger partial charge in [-0.15, -0.1) is 11.3 Å². The number of rotatable bonds is 7. The molecule has 0 aliphatic rings. The van der Waals surface area contributed by atoms with Gasteiger partial charge in [-0.1, -0.05) is 23.9 Å². The Morgan fingerprint density at radius 3 is 3.00 bits per heavy atom. The van der Waals surface area contributed by atoms with Gasteiger partial charge in [0.1, 0.15) is 4.34 Å². The van der Waals surface area contributed by atoms with Crippen molar-refractivity contribution in [2.75, 3.05) is 12.4 Å². The number of carbonyl (C=O) groups is 1. The number of aliphatic carboxylic acids is 1. The van der Waals surface area contributed by atoms with Crippen molar-refractivity contribution in [2.45, 2.75) is 10.8 Å². The molecule has 0 unspecified atom stereocenters. The van der Waals surface area contributed by atoms with E-state index >= 15 is 0 Å². The van der Waals surface area contributed by atoms with Gasteiger partial charge in [0.15, 0.2) is 11.6 Å². The normalized spacial score (nSPS) is 10.4. The van der Waals surface area contributed by atoms with Crippen LogP contribution in [0.2, 0.25) is 0 Å². The van der Waals surface area contributed by atoms with E-state index in [0.29, 0.717) is 18.1 Å². The molecule has 2 aromatic rings. The van der Waals surface area contributed by atoms with Crippen LogP contribution in [0.15, 0.2) is 34.0 Å². The SMILES string of the molecule is O=C(O)Cc1csc(SCCOc2ccccc2F)n1. The van der Waals surface area contributed by atoms with E-state index in [-0.39, 0.29) is 18.0 Å². The van der Waals surface area contributed by atoms with Crippen LogP contribution < -0.4 is 4.74 Å². The van der Waals surface area contributed by atoms with E-state index in [9.17, 15) is 9.18 Å². The number of para-hydroxylation sites is 1. The molecule has 0 saturated carbocycles. The van der Waals surface area contributed by atoms with Gasteiger partial charge in [-0.3, -0.25) is 4.79 Å². The quantitative estimate of drug-likeness (QED) is 0.629. The molecule has 4 nitrogen and oxygen atoms in total. The molecule has 0 atom stereocenters. The Morgan fingerprint density at radius 2 is 2.25 bits per heavy atom. The van der Waals surface area contributed by atoms with Crippen molar-refractivity contribution in [3.8, 4) is 5.75 Å². The maximum Gasteiger partial charge on any atom is 0.309 e. The lowest BCUT2D eigenvalue weighted by Gasteiger charge is -2.05. The van der Waals surface area contributed by atoms with Gasteiger partial charge in [0.05, 0.1) is 18.7 Å². The average molecular weight is 313 g/mol. The fraction of sp³-hybridized carbons (Fsp3) is 0.231. The molecule has 106 valence electrons. The number of hydrogen-bond donors (Lipinski definition) is 1. The minimum atomic E-state index is -0.894. The van der Waals surface area contributed by atoms with E-state index < -0.39 is 5.97 Å². The van der Waals surface area contributed by atoms with E-state index in [4.69, 9.17) is 9.84 Å². The van der Waals surface area contributed by atoms with E-state index in [1.54, 1.807) is 23.6 Å². The molecule has 1 N–H and O–H groups in total. The first-order chi connectivity index (χ1) is 9.65. The molecule has 0 fully saturated rings. The summed E-state index contributed by atoms with van der Waals surface area (Å²) in [6.07, 6.45) is -0.0667. The van der Waals surface area contributed by atoms with Crippen molar-refractivity contribution in [1.29, 1.82) is 0 Å². The summed E-state index contributed by atoms with van der Waals surface area (Å²) in [4.78, 5) is 14.7. The van der Waals surface area contributed by atoms with Crippen LogP contribution in [0.5, 0.6) is 5.75 Å². The number of carboxylic acids is 1. The summed E-state index contributed by atoms with van der Waals surface area (Å²) in [6, 6.07) is 6.25. The van der Waals surface area contributed by atoms with Crippen molar-refractivity contribution in [3.05, 3.63) is 41.2 Å². The minimum absolute atomic E-state index is 0.0667. The summed E-state index contributed by atoms with van der Waals surface area (Å²) >= 11 is 2.86. The lowest BCUT2D eigenvalue weighted by molar-refractivity contribution is -0.136. The summed E-state index contributed by atoms with van der Waals surface area (Å²) in [5.41, 5.74) is 0.556. The molecule has 20 heavy (non-hydrogen) atoms. The molecule has 1 aromatic heterocycles. The molecule has 0 amide bonds. The fourth-order valence-corrected chi connectivity index (χ4v) is 3.17. The van der Waals surface area contributed by atoms with Crippen molar-refractivity contribution < 1.29 is 19.0 Å². The summed E-state index contributed by atoms with van der Waals surface area (Å²) in [6.45, 7) is 0.361. The van der Waals surface area contributed by atoms with Crippen LogP contribution in [0.1, 0.15) is 5.69 Å². The monoisotopic (exact) mass is 313 g/mol. The van der Waals surface area contributed by atoms with Crippen LogP contribution >= 0.6 is 23.1 Å². The lowest BCUT2D eigenvalue weighted by Crippen LogP contribution is -2.02. The van der Waals surface area contributed by atoms with Crippen molar-refractivity contribution in [3.63, 3.8) is 0 Å². The molecular formula is C13H12FNO3S2. The maximum absolute atomic E-state index is 13.3. The lowest BCUT2D eigenvalue weighted by atomic mass is 10.3. The molecule has 0 bridgehead atoms. The number of nitrogens with zero attached hydrogens (tertiary/aromatic N) is 1. The fourth-order valence-electron chi connectivity index (χ4n) is 1.43. The average Bonchev–Trinajstić information content (AvgIpc) is 2.83. The molecule has 7 heteroatoms. The molecule has 0 spiro atoms. The number of thiazole rings is 1. The second-order valence-electron chi connectivity index (χ2n) is 3.80. The molecule has 1 aromatic carbocycles. The number of thioether (sulfide) groups is 1. The van der Waals surface area contributed by atoms with Gasteiger partial charge in [0.2, 0.25) is 0 Å². The topological polar surface area (TPSA) is 59.4 Å². The number of ether oxygens (including phenoxy) is 1. The summed E-state index contributed by atoms with van der Waals surface area (Å²) in [5.74, 6) is -0.419. The summed E-state index contributed by atoms with van der Waals surface area (Å²) < 4.78 is 19.4. The van der Waals surface area contributed by atoms with E-state index in [1.807, 2.05) is 0 Å². The van der Waals surface area contributed by atoms with Crippen LogP contribution in [0.3, 0.4) is 0 Å². The zero-order chi connectivity index (χ0) is 14.4. The number of aromatic nitrogens is 1. The second kappa shape index (κ2) is 7.25. The zero-order valence-corrected chi connectivity index (χ0v) is 12.0. The molecule has 1 heterocycles. The Morgan fingerprint density at radius 1 is 1.45 bits per heavy atom. The third-order valence-corrected chi connectivity index (χ3v) is 4.30. The first kappa shape index (κ1) is 14.8. The van der Waals surface area contributed by atoms with Crippen LogP contribution in [-0.4, -0.2) is 28.4 Å². The van der Waals surface area contributed by atoms with Gasteiger partial charge in [-0.05, 0) is 12.1 Å². The van der Waals surface area contributed by atoms with Crippen LogP contribution in [-0.2, 0) is 11.2 Å². The molecule has 2 rings (SSSR count). The second-order valence-corrected chi connectivity index (χ2v) is 6.00. The van der Waals surface area contributed by atoms with Gasteiger partial charge in [0.25, 0.3) is 0 Å². The van der Waals surface area contributed by atoms with Crippen LogP contribution in [0.25, 0.3) is 0 Å². The van der Waals surface area contributed by atoms with Gasteiger partial charge in [-0.25, -0.2) is 9.37 Å². The van der Waals surface area contributed by atoms with Crippen LogP contribution in [0.4, 0.5) is 4.39 Å². The van der Waals surface area contributed by atoms with Crippen molar-refractivity contribution >= 4 is 29.1 Å². The van der Waals surface area contributed by atoms with E-state index in [0.717, 1.165) is 4.34 Å². The number of hydrogen-bond acceptors (Lipinski definition) is 5. The molecule has 0 aliphatic carbocycles. The van der Waals surface area contributed by atoms with Gasteiger partial charge >= 0.3 is 5.97 Å². The molecule has 0 radical (unpaired) electrons. The predicted octanol–water partition coefficient (Wildman–Crippen LogP) is 3.08. The Balaban J connectivity index is 1.75. The Kier molecular flexibility index (Phi) is 5.37. The van der Waals surface area contributed by atoms with E-state index in [2.05, 4.69) is 4.98 Å². The largest absolute Gasteiger partial charge is 0.490 e. The van der Waals surface area contributed by atoms with E-state index in [1.165, 1.54) is 29.2 Å². The van der Waals surface area contributed by atoms with Gasteiger partial charge in [-0.2, -0.15) is 0 Å². The van der Waals surface area contributed by atoms with Crippen LogP contribution in [0, 0.1) is 5.82 Å². The Hall–Kier alpha value is -1.60. The highest BCUT2D eigenvalue weighted by Crippen LogP contribution is 2.23. The van der Waals surface area contributed by atoms with Crippen molar-refractivity contribution in [2.24, 2.45) is 0 Å². The Labute approximate surface area is 123 Å². The van der Waals surface area contributed by atoms with Crippen molar-refractivity contribution in [1.82, 2.24) is 4.98 Å². The predicted molar refractivity (Wildman–Crippen MR) is 76.1 cm³/mol. The maximum atomic E-state index is 13.3. The van der Waals surface area contributed by atoms with Gasteiger partial charge < -0.3 is 9.84 Å². The first-order valence-electron chi connectivity index (χ1n) is 5.81. The highest BCUT2D eigenvalue weighted by Gasteiger charge is 2.07. The molecule has 0 saturated heterocycles. The number of benzene rings is 1. The smallest absolute Gasteiger partial charge is 0.309 e. The third kappa shape index (κ3) is 4.50.